The maximum atomic E-state index is 13.3. The minimum Gasteiger partial charge on any atom is -0.458 e. The number of carbonyl (C=O) groups excluding carboxylic acids is 3. The van der Waals surface area contributed by atoms with Crippen molar-refractivity contribution in [1.29, 1.82) is 0 Å². The van der Waals surface area contributed by atoms with Gasteiger partial charge in [-0.25, -0.2) is 9.78 Å². The molecule has 178 valence electrons. The summed E-state index contributed by atoms with van der Waals surface area (Å²) in [5, 5.41) is 14.4. The molecule has 2 atom stereocenters. The molecule has 3 aliphatic rings. The first-order valence-corrected chi connectivity index (χ1v) is 11.6. The van der Waals surface area contributed by atoms with Crippen molar-refractivity contribution < 1.29 is 24.2 Å². The van der Waals surface area contributed by atoms with E-state index in [4.69, 9.17) is 9.72 Å². The van der Waals surface area contributed by atoms with Crippen LogP contribution in [0.15, 0.2) is 29.1 Å². The van der Waals surface area contributed by atoms with Crippen molar-refractivity contribution in [2.24, 2.45) is 5.92 Å². The van der Waals surface area contributed by atoms with Crippen LogP contribution in [0, 0.1) is 5.92 Å². The van der Waals surface area contributed by atoms with Crippen LogP contribution in [0.2, 0.25) is 0 Å². The Morgan fingerprint density at radius 3 is 2.71 bits per heavy atom. The molecule has 0 bridgehead atoms. The molecule has 6 rings (SSSR count). The van der Waals surface area contributed by atoms with Crippen LogP contribution in [-0.2, 0) is 28.3 Å². The Morgan fingerprint density at radius 2 is 2.00 bits per heavy atom. The van der Waals surface area contributed by atoms with Gasteiger partial charge in [-0.1, -0.05) is 20.8 Å². The normalized spacial score (nSPS) is 22.4. The summed E-state index contributed by atoms with van der Waals surface area (Å²) in [5.74, 6) is -1.27. The third-order valence-electron chi connectivity index (χ3n) is 7.42. The number of fused-ring (bicyclic) bond motifs is 7. The van der Waals surface area contributed by atoms with Crippen LogP contribution in [0.1, 0.15) is 64.6 Å². The zero-order valence-electron chi connectivity index (χ0n) is 19.5. The summed E-state index contributed by atoms with van der Waals surface area (Å²) < 4.78 is 6.65. The second-order valence-corrected chi connectivity index (χ2v) is 9.71. The van der Waals surface area contributed by atoms with Gasteiger partial charge in [0.1, 0.15) is 6.61 Å². The molecule has 3 aromatic rings. The molecule has 1 unspecified atom stereocenters. The second kappa shape index (κ2) is 7.08. The quantitative estimate of drug-likeness (QED) is 0.427. The summed E-state index contributed by atoms with van der Waals surface area (Å²) in [6.07, 6.45) is 0.0619. The van der Waals surface area contributed by atoms with E-state index in [2.05, 4.69) is 5.32 Å². The summed E-state index contributed by atoms with van der Waals surface area (Å²) >= 11 is 0. The molecule has 0 aliphatic carbocycles. The average molecular weight is 473 g/mol. The number of hydrogen-bond acceptors (Lipinski definition) is 7. The lowest BCUT2D eigenvalue weighted by Gasteiger charge is -2.31. The minimum absolute atomic E-state index is 0.0431. The number of pyridine rings is 2. The molecule has 3 aliphatic heterocycles. The Hall–Kier alpha value is -3.85. The number of rotatable bonds is 2. The van der Waals surface area contributed by atoms with Gasteiger partial charge in [0.25, 0.3) is 11.5 Å². The molecule has 0 radical (unpaired) electrons. The molecular formula is C26H23N3O6. The topological polar surface area (TPSA) is 128 Å². The monoisotopic (exact) mass is 473 g/mol. The van der Waals surface area contributed by atoms with Crippen LogP contribution in [0.3, 0.4) is 0 Å². The first-order valence-electron chi connectivity index (χ1n) is 11.6. The molecule has 1 aromatic carbocycles. The molecule has 35 heavy (non-hydrogen) atoms. The zero-order valence-corrected chi connectivity index (χ0v) is 19.5. The molecule has 9 heteroatoms. The van der Waals surface area contributed by atoms with Crippen LogP contribution in [0.4, 0.5) is 0 Å². The van der Waals surface area contributed by atoms with Crippen molar-refractivity contribution in [2.75, 3.05) is 0 Å². The smallest absolute Gasteiger partial charge is 0.343 e. The molecule has 2 aromatic heterocycles. The highest BCUT2D eigenvalue weighted by molar-refractivity contribution is 6.21. The van der Waals surface area contributed by atoms with Crippen molar-refractivity contribution >= 4 is 28.6 Å². The van der Waals surface area contributed by atoms with Gasteiger partial charge >= 0.3 is 5.97 Å². The van der Waals surface area contributed by atoms with E-state index in [1.165, 1.54) is 4.57 Å². The number of ketones is 1. The third kappa shape index (κ3) is 2.75. The number of carbonyl (C=O) groups is 3. The Labute approximate surface area is 199 Å². The first kappa shape index (κ1) is 21.7. The van der Waals surface area contributed by atoms with Gasteiger partial charge in [0.15, 0.2) is 11.4 Å². The number of benzene rings is 1. The van der Waals surface area contributed by atoms with Crippen molar-refractivity contribution in [3.05, 3.63) is 62.4 Å². The molecule has 9 nitrogen and oxygen atoms in total. The Morgan fingerprint density at radius 1 is 1.23 bits per heavy atom. The van der Waals surface area contributed by atoms with E-state index in [-0.39, 0.29) is 53.9 Å². The average Bonchev–Trinajstić information content (AvgIpc) is 3.19. The number of cyclic esters (lactones) is 1. The fourth-order valence-electron chi connectivity index (χ4n) is 5.42. The Balaban J connectivity index is 1.56. The summed E-state index contributed by atoms with van der Waals surface area (Å²) in [7, 11) is 0. The first-order chi connectivity index (χ1) is 16.7. The lowest BCUT2D eigenvalue weighted by atomic mass is 9.85. The fourth-order valence-corrected chi connectivity index (χ4v) is 5.42. The SMILES string of the molecule is CC[C@@]1(O)C(=O)OCc2c1cc1n(c2=O)Cc2cc3c4c(ccc3nc2-1)C(=O)C(C(C)C)NC4=O. The van der Waals surface area contributed by atoms with Gasteiger partial charge in [-0.3, -0.25) is 14.4 Å². The van der Waals surface area contributed by atoms with Gasteiger partial charge in [0.2, 0.25) is 0 Å². The van der Waals surface area contributed by atoms with E-state index in [0.29, 0.717) is 39.0 Å². The molecule has 2 N–H and O–H groups in total. The van der Waals surface area contributed by atoms with Crippen LogP contribution < -0.4 is 10.9 Å². The number of amides is 1. The van der Waals surface area contributed by atoms with Gasteiger partial charge in [0, 0.05) is 22.1 Å². The highest BCUT2D eigenvalue weighted by Crippen LogP contribution is 2.39. The van der Waals surface area contributed by atoms with Crippen molar-refractivity contribution in [3.63, 3.8) is 0 Å². The predicted octanol–water partition coefficient (Wildman–Crippen LogP) is 2.03. The second-order valence-electron chi connectivity index (χ2n) is 9.71. The molecule has 0 spiro atoms. The number of aliphatic hydroxyl groups is 1. The number of nitrogens with zero attached hydrogens (tertiary/aromatic N) is 2. The molecule has 0 saturated heterocycles. The Kier molecular flexibility index (Phi) is 4.38. The largest absolute Gasteiger partial charge is 0.458 e. The van der Waals surface area contributed by atoms with E-state index in [1.54, 1.807) is 31.2 Å². The van der Waals surface area contributed by atoms with E-state index in [0.717, 1.165) is 0 Å². The summed E-state index contributed by atoms with van der Waals surface area (Å²) in [4.78, 5) is 56.5. The lowest BCUT2D eigenvalue weighted by Crippen LogP contribution is -2.49. The maximum absolute atomic E-state index is 13.3. The van der Waals surface area contributed by atoms with E-state index in [1.807, 2.05) is 13.8 Å². The summed E-state index contributed by atoms with van der Waals surface area (Å²) in [5.41, 5.74) is 1.16. The number of aromatic nitrogens is 2. The highest BCUT2D eigenvalue weighted by Gasteiger charge is 2.45. The number of esters is 1. The van der Waals surface area contributed by atoms with E-state index < -0.39 is 17.6 Å². The van der Waals surface area contributed by atoms with Crippen molar-refractivity contribution in [2.45, 2.75) is 52.0 Å². The van der Waals surface area contributed by atoms with Crippen molar-refractivity contribution in [3.8, 4) is 11.4 Å². The van der Waals surface area contributed by atoms with Crippen molar-refractivity contribution in [1.82, 2.24) is 14.9 Å². The summed E-state index contributed by atoms with van der Waals surface area (Å²) in [6.45, 7) is 5.44. The van der Waals surface area contributed by atoms with Gasteiger partial charge in [-0.05, 0) is 36.6 Å². The van der Waals surface area contributed by atoms with Gasteiger partial charge in [0.05, 0.1) is 40.6 Å². The van der Waals surface area contributed by atoms with Crippen LogP contribution in [0.5, 0.6) is 0 Å². The van der Waals surface area contributed by atoms with Crippen LogP contribution >= 0.6 is 0 Å². The number of ether oxygens (including phenoxy) is 1. The zero-order chi connectivity index (χ0) is 24.8. The van der Waals surface area contributed by atoms with Gasteiger partial charge in [-0.2, -0.15) is 0 Å². The highest BCUT2D eigenvalue weighted by atomic mass is 16.6. The minimum atomic E-state index is -1.90. The van der Waals surface area contributed by atoms with E-state index >= 15 is 0 Å². The fraction of sp³-hybridized carbons (Fsp3) is 0.346. The van der Waals surface area contributed by atoms with Crippen LogP contribution in [-0.4, -0.2) is 38.4 Å². The maximum Gasteiger partial charge on any atom is 0.343 e. The van der Waals surface area contributed by atoms with E-state index in [9.17, 15) is 24.3 Å². The van der Waals surface area contributed by atoms with Crippen LogP contribution in [0.25, 0.3) is 22.3 Å². The number of nitrogens with one attached hydrogen (secondary N) is 1. The van der Waals surface area contributed by atoms with Gasteiger partial charge in [-0.15, -0.1) is 0 Å². The standard InChI is InChI=1S/C26H23N3O6/c1-4-26(34)16-8-18-21-12(9-29(18)24(32)15(16)10-35-25(26)33)7-14-17(27-21)6-5-13-19(14)23(31)28-20(11(2)3)22(13)30/h5-8,11,20,34H,4,9-10H2,1-3H3,(H,28,31)/t20?,26-/m0/s1. The number of hydrogen-bond donors (Lipinski definition) is 2. The molecule has 0 fully saturated rings. The lowest BCUT2D eigenvalue weighted by molar-refractivity contribution is -0.172. The molecule has 5 heterocycles. The predicted molar refractivity (Wildman–Crippen MR) is 125 cm³/mol. The summed E-state index contributed by atoms with van der Waals surface area (Å²) in [6, 6.07) is 6.21. The number of Topliss-reactive ketones (excluding diaryl/α,β-unsaturated/α-hetero) is 1. The Bertz CT molecular complexity index is 1570. The third-order valence-corrected chi connectivity index (χ3v) is 7.42. The molecular weight excluding hydrogens is 450 g/mol. The molecule has 1 amide bonds. The molecule has 0 saturated carbocycles. The van der Waals surface area contributed by atoms with Gasteiger partial charge < -0.3 is 19.7 Å².